The standard InChI is InChI=1S/C13H14ClNO2/c1-8-5-11(9(2)17-8)13(16)6-10-3-4-15-7-12(10)14/h3-5,7,13,16H,6H2,1-2H3. The van der Waals surface area contributed by atoms with Crippen LogP contribution in [0.2, 0.25) is 5.02 Å². The second kappa shape index (κ2) is 4.90. The van der Waals surface area contributed by atoms with E-state index in [-0.39, 0.29) is 0 Å². The molecule has 4 heteroatoms. The highest BCUT2D eigenvalue weighted by Crippen LogP contribution is 2.26. The maximum atomic E-state index is 10.2. The quantitative estimate of drug-likeness (QED) is 0.911. The van der Waals surface area contributed by atoms with Gasteiger partial charge in [-0.25, -0.2) is 0 Å². The van der Waals surface area contributed by atoms with Crippen molar-refractivity contribution < 1.29 is 9.52 Å². The molecule has 2 aromatic rings. The van der Waals surface area contributed by atoms with Crippen LogP contribution in [0.15, 0.2) is 28.9 Å². The van der Waals surface area contributed by atoms with Gasteiger partial charge in [-0.1, -0.05) is 11.6 Å². The number of aryl methyl sites for hydroxylation is 2. The van der Waals surface area contributed by atoms with Crippen LogP contribution in [0.3, 0.4) is 0 Å². The van der Waals surface area contributed by atoms with Gasteiger partial charge in [0.1, 0.15) is 11.5 Å². The van der Waals surface area contributed by atoms with E-state index in [4.69, 9.17) is 16.0 Å². The Hall–Kier alpha value is -1.32. The monoisotopic (exact) mass is 251 g/mol. The molecule has 90 valence electrons. The maximum Gasteiger partial charge on any atom is 0.106 e. The van der Waals surface area contributed by atoms with Crippen molar-refractivity contribution in [2.75, 3.05) is 0 Å². The second-order valence-electron chi connectivity index (χ2n) is 4.06. The van der Waals surface area contributed by atoms with Gasteiger partial charge in [0, 0.05) is 24.4 Å². The molecule has 0 fully saturated rings. The average molecular weight is 252 g/mol. The summed E-state index contributed by atoms with van der Waals surface area (Å²) >= 11 is 6.00. The first kappa shape index (κ1) is 12.1. The van der Waals surface area contributed by atoms with Crippen LogP contribution in [0.4, 0.5) is 0 Å². The zero-order valence-electron chi connectivity index (χ0n) is 9.77. The fraction of sp³-hybridized carbons (Fsp3) is 0.308. The van der Waals surface area contributed by atoms with E-state index in [0.29, 0.717) is 11.4 Å². The third kappa shape index (κ3) is 2.68. The molecule has 0 saturated heterocycles. The number of halogens is 1. The van der Waals surface area contributed by atoms with Crippen LogP contribution in [-0.4, -0.2) is 10.1 Å². The minimum atomic E-state index is -0.604. The molecule has 0 aliphatic carbocycles. The van der Waals surface area contributed by atoms with E-state index in [1.807, 2.05) is 26.0 Å². The van der Waals surface area contributed by atoms with Crippen molar-refractivity contribution in [1.29, 1.82) is 0 Å². The SMILES string of the molecule is Cc1cc(C(O)Cc2ccncc2Cl)c(C)o1. The number of furan rings is 1. The number of nitrogens with zero attached hydrogens (tertiary/aromatic N) is 1. The second-order valence-corrected chi connectivity index (χ2v) is 4.46. The summed E-state index contributed by atoms with van der Waals surface area (Å²) < 4.78 is 5.40. The Bertz CT molecular complexity index is 522. The first-order chi connectivity index (χ1) is 8.08. The minimum Gasteiger partial charge on any atom is -0.466 e. The molecule has 0 saturated carbocycles. The van der Waals surface area contributed by atoms with Crippen LogP contribution in [0.5, 0.6) is 0 Å². The predicted molar refractivity (Wildman–Crippen MR) is 66.1 cm³/mol. The Morgan fingerprint density at radius 2 is 2.24 bits per heavy atom. The van der Waals surface area contributed by atoms with Crippen LogP contribution in [-0.2, 0) is 6.42 Å². The summed E-state index contributed by atoms with van der Waals surface area (Å²) in [5.74, 6) is 1.55. The molecule has 1 N–H and O–H groups in total. The molecule has 2 heterocycles. The summed E-state index contributed by atoms with van der Waals surface area (Å²) in [4.78, 5) is 3.91. The molecule has 0 radical (unpaired) electrons. The lowest BCUT2D eigenvalue weighted by Gasteiger charge is -2.10. The summed E-state index contributed by atoms with van der Waals surface area (Å²) in [6, 6.07) is 3.67. The van der Waals surface area contributed by atoms with Crippen molar-refractivity contribution >= 4 is 11.6 Å². The Morgan fingerprint density at radius 1 is 1.47 bits per heavy atom. The van der Waals surface area contributed by atoms with Crippen LogP contribution in [0.1, 0.15) is 28.8 Å². The van der Waals surface area contributed by atoms with Gasteiger partial charge >= 0.3 is 0 Å². The Balaban J connectivity index is 2.20. The number of hydrogen-bond donors (Lipinski definition) is 1. The van der Waals surface area contributed by atoms with Crippen molar-refractivity contribution in [2.24, 2.45) is 0 Å². The van der Waals surface area contributed by atoms with E-state index in [1.165, 1.54) is 0 Å². The van der Waals surface area contributed by atoms with Gasteiger partial charge < -0.3 is 9.52 Å². The van der Waals surface area contributed by atoms with Crippen molar-refractivity contribution in [3.05, 3.63) is 52.2 Å². The molecule has 3 nitrogen and oxygen atoms in total. The molecular weight excluding hydrogens is 238 g/mol. The van der Waals surface area contributed by atoms with Crippen LogP contribution >= 0.6 is 11.6 Å². The average Bonchev–Trinajstić information content (AvgIpc) is 2.61. The van der Waals surface area contributed by atoms with E-state index < -0.39 is 6.10 Å². The van der Waals surface area contributed by atoms with Crippen molar-refractivity contribution in [2.45, 2.75) is 26.4 Å². The zero-order valence-corrected chi connectivity index (χ0v) is 10.5. The molecule has 0 spiro atoms. The van der Waals surface area contributed by atoms with E-state index in [1.54, 1.807) is 12.4 Å². The highest BCUT2D eigenvalue weighted by Gasteiger charge is 2.16. The van der Waals surface area contributed by atoms with E-state index in [0.717, 1.165) is 22.6 Å². The van der Waals surface area contributed by atoms with Gasteiger partial charge in [0.05, 0.1) is 11.1 Å². The number of aliphatic hydroxyl groups is 1. The molecule has 2 rings (SSSR count). The molecule has 1 unspecified atom stereocenters. The van der Waals surface area contributed by atoms with Gasteiger partial charge in [0.25, 0.3) is 0 Å². The van der Waals surface area contributed by atoms with Gasteiger partial charge in [0.2, 0.25) is 0 Å². The normalized spacial score (nSPS) is 12.7. The lowest BCUT2D eigenvalue weighted by molar-refractivity contribution is 0.176. The third-order valence-corrected chi connectivity index (χ3v) is 3.05. The predicted octanol–water partition coefficient (Wildman–Crippen LogP) is 3.22. The summed E-state index contributed by atoms with van der Waals surface area (Å²) in [5, 5.41) is 10.7. The Labute approximate surface area is 105 Å². The molecule has 0 amide bonds. The third-order valence-electron chi connectivity index (χ3n) is 2.71. The first-order valence-electron chi connectivity index (χ1n) is 5.41. The Morgan fingerprint density at radius 3 is 2.82 bits per heavy atom. The van der Waals surface area contributed by atoms with Gasteiger partial charge in [-0.3, -0.25) is 4.98 Å². The van der Waals surface area contributed by atoms with Crippen molar-refractivity contribution in [3.8, 4) is 0 Å². The molecule has 2 aromatic heterocycles. The Kier molecular flexibility index (Phi) is 3.50. The number of aliphatic hydroxyl groups excluding tert-OH is 1. The highest BCUT2D eigenvalue weighted by atomic mass is 35.5. The maximum absolute atomic E-state index is 10.2. The zero-order chi connectivity index (χ0) is 12.4. The topological polar surface area (TPSA) is 46.3 Å². The largest absolute Gasteiger partial charge is 0.466 e. The first-order valence-corrected chi connectivity index (χ1v) is 5.79. The van der Waals surface area contributed by atoms with Gasteiger partial charge in [-0.15, -0.1) is 0 Å². The summed E-state index contributed by atoms with van der Waals surface area (Å²) in [7, 11) is 0. The summed E-state index contributed by atoms with van der Waals surface area (Å²) in [6.07, 6.45) is 3.10. The smallest absolute Gasteiger partial charge is 0.106 e. The lowest BCUT2D eigenvalue weighted by atomic mass is 10.0. The highest BCUT2D eigenvalue weighted by molar-refractivity contribution is 6.31. The molecule has 0 aliphatic heterocycles. The van der Waals surface area contributed by atoms with E-state index in [9.17, 15) is 5.11 Å². The molecular formula is C13H14ClNO2. The van der Waals surface area contributed by atoms with Crippen molar-refractivity contribution in [1.82, 2.24) is 4.98 Å². The van der Waals surface area contributed by atoms with Crippen LogP contribution in [0.25, 0.3) is 0 Å². The van der Waals surface area contributed by atoms with Crippen LogP contribution < -0.4 is 0 Å². The molecule has 17 heavy (non-hydrogen) atoms. The summed E-state index contributed by atoms with van der Waals surface area (Å²) in [5.41, 5.74) is 1.70. The molecule has 0 aliphatic rings. The van der Waals surface area contributed by atoms with Gasteiger partial charge in [-0.05, 0) is 31.5 Å². The molecule has 1 atom stereocenters. The number of pyridine rings is 1. The number of hydrogen-bond acceptors (Lipinski definition) is 3. The summed E-state index contributed by atoms with van der Waals surface area (Å²) in [6.45, 7) is 3.71. The minimum absolute atomic E-state index is 0.459. The van der Waals surface area contributed by atoms with Gasteiger partial charge in [-0.2, -0.15) is 0 Å². The molecule has 0 aromatic carbocycles. The van der Waals surface area contributed by atoms with Crippen LogP contribution in [0, 0.1) is 13.8 Å². The number of aromatic nitrogens is 1. The fourth-order valence-electron chi connectivity index (χ4n) is 1.87. The number of rotatable bonds is 3. The van der Waals surface area contributed by atoms with Crippen molar-refractivity contribution in [3.63, 3.8) is 0 Å². The molecule has 0 bridgehead atoms. The lowest BCUT2D eigenvalue weighted by Crippen LogP contribution is -2.02. The van der Waals surface area contributed by atoms with Gasteiger partial charge in [0.15, 0.2) is 0 Å². The fourth-order valence-corrected chi connectivity index (χ4v) is 2.07. The van der Waals surface area contributed by atoms with E-state index in [2.05, 4.69) is 4.98 Å². The van der Waals surface area contributed by atoms with E-state index >= 15 is 0 Å².